The van der Waals surface area contributed by atoms with Crippen molar-refractivity contribution in [2.45, 2.75) is 44.2 Å². The second kappa shape index (κ2) is 5.48. The van der Waals surface area contributed by atoms with Gasteiger partial charge < -0.3 is 25.7 Å². The molecule has 0 aromatic carbocycles. The predicted molar refractivity (Wildman–Crippen MR) is 85.8 cm³/mol. The molecule has 0 aliphatic carbocycles. The Hall–Kier alpha value is -2.56. The maximum absolute atomic E-state index is 11.1. The maximum atomic E-state index is 11.1. The van der Waals surface area contributed by atoms with E-state index in [1.165, 1.54) is 12.4 Å². The largest absolute Gasteiger partial charge is 0.382 e. The number of nitrogen functional groups attached to an aromatic ring is 1. The molecule has 0 bridgehead atoms. The average molecular weight is 346 g/mol. The molecule has 10 nitrogen and oxygen atoms in total. The average Bonchev–Trinajstić information content (AvgIpc) is 3.17. The highest BCUT2D eigenvalue weighted by molar-refractivity contribution is 5.85. The van der Waals surface area contributed by atoms with Crippen molar-refractivity contribution in [2.75, 3.05) is 5.73 Å². The number of rotatable bonds is 3. The third-order valence-electron chi connectivity index (χ3n) is 4.18. The van der Waals surface area contributed by atoms with Crippen LogP contribution in [-0.2, 0) is 19.0 Å². The van der Waals surface area contributed by atoms with Crippen LogP contribution < -0.4 is 11.5 Å². The quantitative estimate of drug-likeness (QED) is 0.732. The molecular formula is C15H18N6O4. The standard InChI is InChI=1S/C15H18N6O4/c1-15(2)24-10-7(3-4-8(16)22)23-14(11(10)25-15)21-6-20-9-12(17)18-5-19-13(9)21/h3-7,10-11,14H,1-2H3,(H2,16,22)(H2,17,18,19)/t7-,10-,11-,14-/m1/s1. The lowest BCUT2D eigenvalue weighted by atomic mass is 10.1. The van der Waals surface area contributed by atoms with Crippen LogP contribution in [0.2, 0.25) is 0 Å². The van der Waals surface area contributed by atoms with Gasteiger partial charge in [0.25, 0.3) is 0 Å². The molecule has 4 N–H and O–H groups in total. The molecule has 4 rings (SSSR count). The van der Waals surface area contributed by atoms with E-state index in [1.54, 1.807) is 17.0 Å². The van der Waals surface area contributed by atoms with Crippen molar-refractivity contribution in [3.8, 4) is 0 Å². The van der Waals surface area contributed by atoms with Gasteiger partial charge in [-0.25, -0.2) is 15.0 Å². The van der Waals surface area contributed by atoms with Gasteiger partial charge in [-0.15, -0.1) is 0 Å². The Morgan fingerprint density at radius 3 is 2.80 bits per heavy atom. The first-order valence-electron chi connectivity index (χ1n) is 7.77. The van der Waals surface area contributed by atoms with Gasteiger partial charge >= 0.3 is 0 Å². The van der Waals surface area contributed by atoms with Gasteiger partial charge in [0.1, 0.15) is 30.2 Å². The van der Waals surface area contributed by atoms with Crippen LogP contribution in [0.3, 0.4) is 0 Å². The van der Waals surface area contributed by atoms with Crippen molar-refractivity contribution in [1.82, 2.24) is 19.5 Å². The summed E-state index contributed by atoms with van der Waals surface area (Å²) < 4.78 is 19.7. The predicted octanol–water partition coefficient (Wildman–Crippen LogP) is -0.132. The molecule has 2 aromatic rings. The zero-order valence-corrected chi connectivity index (χ0v) is 13.7. The summed E-state index contributed by atoms with van der Waals surface area (Å²) in [6.45, 7) is 3.65. The minimum absolute atomic E-state index is 0.285. The molecule has 10 heteroatoms. The van der Waals surface area contributed by atoms with E-state index < -0.39 is 36.2 Å². The van der Waals surface area contributed by atoms with E-state index in [2.05, 4.69) is 15.0 Å². The van der Waals surface area contributed by atoms with Gasteiger partial charge in [0.15, 0.2) is 23.5 Å². The fourth-order valence-corrected chi connectivity index (χ4v) is 3.23. The van der Waals surface area contributed by atoms with Crippen LogP contribution in [0.1, 0.15) is 20.1 Å². The number of nitrogens with two attached hydrogens (primary N) is 2. The van der Waals surface area contributed by atoms with Gasteiger partial charge in [-0.1, -0.05) is 0 Å². The normalized spacial score (nSPS) is 31.0. The summed E-state index contributed by atoms with van der Waals surface area (Å²) in [5, 5.41) is 0. The van der Waals surface area contributed by atoms with Crippen LogP contribution in [0.5, 0.6) is 0 Å². The fraction of sp³-hybridized carbons (Fsp3) is 0.467. The number of primary amides is 1. The number of hydrogen-bond donors (Lipinski definition) is 2. The molecule has 2 fully saturated rings. The molecule has 132 valence electrons. The molecule has 25 heavy (non-hydrogen) atoms. The summed E-state index contributed by atoms with van der Waals surface area (Å²) in [6, 6.07) is 0. The molecule has 2 aliphatic heterocycles. The molecule has 2 aliphatic rings. The number of nitrogens with zero attached hydrogens (tertiary/aromatic N) is 4. The number of amides is 1. The van der Waals surface area contributed by atoms with Crippen molar-refractivity contribution in [3.63, 3.8) is 0 Å². The first kappa shape index (κ1) is 15.9. The lowest BCUT2D eigenvalue weighted by Crippen LogP contribution is -2.28. The Balaban J connectivity index is 1.73. The Bertz CT molecular complexity index is 863. The summed E-state index contributed by atoms with van der Waals surface area (Å²) >= 11 is 0. The number of aromatic nitrogens is 4. The van der Waals surface area contributed by atoms with Crippen LogP contribution in [0.4, 0.5) is 5.82 Å². The van der Waals surface area contributed by atoms with E-state index in [9.17, 15) is 4.79 Å². The number of anilines is 1. The summed E-state index contributed by atoms with van der Waals surface area (Å²) in [5.74, 6) is -1.05. The van der Waals surface area contributed by atoms with Crippen LogP contribution in [-0.4, -0.2) is 49.5 Å². The number of carbonyl (C=O) groups is 1. The van der Waals surface area contributed by atoms with E-state index in [0.29, 0.717) is 11.2 Å². The summed E-state index contributed by atoms with van der Waals surface area (Å²) in [6.07, 6.45) is 3.92. The van der Waals surface area contributed by atoms with Crippen molar-refractivity contribution >= 4 is 22.9 Å². The first-order chi connectivity index (χ1) is 11.9. The van der Waals surface area contributed by atoms with Gasteiger partial charge in [-0.3, -0.25) is 9.36 Å². The summed E-state index contributed by atoms with van der Waals surface area (Å²) in [4.78, 5) is 23.5. The SMILES string of the molecule is CC1(C)O[C@@H]2[C@H](O1)[C@@H](C=CC(N)=O)O[C@H]2n1cnc2c(N)ncnc21. The highest BCUT2D eigenvalue weighted by Crippen LogP contribution is 2.44. The molecule has 4 atom stereocenters. The molecule has 2 aromatic heterocycles. The number of carbonyl (C=O) groups excluding carboxylic acids is 1. The molecule has 2 saturated heterocycles. The smallest absolute Gasteiger partial charge is 0.241 e. The molecule has 0 unspecified atom stereocenters. The van der Waals surface area contributed by atoms with E-state index in [1.807, 2.05) is 13.8 Å². The molecule has 0 radical (unpaired) electrons. The summed E-state index contributed by atoms with van der Waals surface area (Å²) in [7, 11) is 0. The molecule has 0 saturated carbocycles. The number of imidazole rings is 1. The van der Waals surface area contributed by atoms with Crippen molar-refractivity contribution in [1.29, 1.82) is 0 Å². The third-order valence-corrected chi connectivity index (χ3v) is 4.18. The van der Waals surface area contributed by atoms with Crippen LogP contribution in [0, 0.1) is 0 Å². The number of hydrogen-bond acceptors (Lipinski definition) is 8. The number of ether oxygens (including phenoxy) is 3. The number of fused-ring (bicyclic) bond motifs is 2. The zero-order chi connectivity index (χ0) is 17.8. The minimum Gasteiger partial charge on any atom is -0.382 e. The van der Waals surface area contributed by atoms with Crippen molar-refractivity contribution in [2.24, 2.45) is 5.73 Å². The topological polar surface area (TPSA) is 140 Å². The lowest BCUT2D eigenvalue weighted by molar-refractivity contribution is -0.191. The van der Waals surface area contributed by atoms with E-state index in [-0.39, 0.29) is 5.82 Å². The maximum Gasteiger partial charge on any atom is 0.241 e. The van der Waals surface area contributed by atoms with E-state index in [0.717, 1.165) is 0 Å². The monoisotopic (exact) mass is 346 g/mol. The molecule has 4 heterocycles. The van der Waals surface area contributed by atoms with E-state index >= 15 is 0 Å². The fourth-order valence-electron chi connectivity index (χ4n) is 3.23. The molecule has 0 spiro atoms. The lowest BCUT2D eigenvalue weighted by Gasteiger charge is -2.23. The van der Waals surface area contributed by atoms with Gasteiger partial charge in [0.05, 0.1) is 6.33 Å². The van der Waals surface area contributed by atoms with Gasteiger partial charge in [-0.2, -0.15) is 0 Å². The Morgan fingerprint density at radius 1 is 1.28 bits per heavy atom. The highest BCUT2D eigenvalue weighted by atomic mass is 16.8. The van der Waals surface area contributed by atoms with Gasteiger partial charge in [0, 0.05) is 6.08 Å². The van der Waals surface area contributed by atoms with Crippen LogP contribution in [0.15, 0.2) is 24.8 Å². The van der Waals surface area contributed by atoms with Crippen molar-refractivity contribution in [3.05, 3.63) is 24.8 Å². The molecular weight excluding hydrogens is 328 g/mol. The van der Waals surface area contributed by atoms with Crippen LogP contribution >= 0.6 is 0 Å². The second-order valence-electron chi connectivity index (χ2n) is 6.40. The van der Waals surface area contributed by atoms with E-state index in [4.69, 9.17) is 25.7 Å². The zero-order valence-electron chi connectivity index (χ0n) is 13.7. The Morgan fingerprint density at radius 2 is 2.04 bits per heavy atom. The van der Waals surface area contributed by atoms with Crippen molar-refractivity contribution < 1.29 is 19.0 Å². The van der Waals surface area contributed by atoms with Gasteiger partial charge in [0.2, 0.25) is 5.91 Å². The molecule has 1 amide bonds. The third kappa shape index (κ3) is 2.64. The highest BCUT2D eigenvalue weighted by Gasteiger charge is 2.55. The Kier molecular flexibility index (Phi) is 3.49. The summed E-state index contributed by atoms with van der Waals surface area (Å²) in [5.41, 5.74) is 12.0. The van der Waals surface area contributed by atoms with Gasteiger partial charge in [-0.05, 0) is 19.9 Å². The Labute approximate surface area is 142 Å². The van der Waals surface area contributed by atoms with Crippen LogP contribution in [0.25, 0.3) is 11.2 Å². The first-order valence-corrected chi connectivity index (χ1v) is 7.77. The minimum atomic E-state index is -0.777. The second-order valence-corrected chi connectivity index (χ2v) is 6.40.